The molecule has 0 spiro atoms. The molecule has 1 aliphatic heterocycles. The van der Waals surface area contributed by atoms with E-state index in [9.17, 15) is 14.4 Å². The van der Waals surface area contributed by atoms with Crippen molar-refractivity contribution in [2.24, 2.45) is 5.84 Å². The third-order valence-electron chi connectivity index (χ3n) is 3.21. The first-order valence-corrected chi connectivity index (χ1v) is 6.21. The maximum Gasteiger partial charge on any atom is 0.268 e. The number of furan rings is 1. The summed E-state index contributed by atoms with van der Waals surface area (Å²) in [6.07, 6.45) is 1.92. The van der Waals surface area contributed by atoms with Gasteiger partial charge in [-0.3, -0.25) is 30.0 Å². The van der Waals surface area contributed by atoms with Crippen molar-refractivity contribution in [1.82, 2.24) is 15.6 Å². The number of hydrogen-bond donors (Lipinski definition) is 3. The zero-order chi connectivity index (χ0) is 14.7. The van der Waals surface area contributed by atoms with Crippen molar-refractivity contribution in [3.05, 3.63) is 23.7 Å². The van der Waals surface area contributed by atoms with Gasteiger partial charge in [-0.25, -0.2) is 5.84 Å². The number of imide groups is 1. The Morgan fingerprint density at radius 3 is 3.00 bits per heavy atom. The predicted octanol–water partition coefficient (Wildman–Crippen LogP) is -0.880. The number of amides is 3. The van der Waals surface area contributed by atoms with Gasteiger partial charge in [0.1, 0.15) is 5.76 Å². The highest BCUT2D eigenvalue weighted by molar-refractivity contribution is 6.01. The lowest BCUT2D eigenvalue weighted by molar-refractivity contribution is -0.140. The van der Waals surface area contributed by atoms with Gasteiger partial charge in [-0.2, -0.15) is 0 Å². The van der Waals surface area contributed by atoms with E-state index in [-0.39, 0.29) is 24.9 Å². The van der Waals surface area contributed by atoms with Gasteiger partial charge in [0.15, 0.2) is 0 Å². The largest absolute Gasteiger partial charge is 0.467 e. The topological polar surface area (TPSA) is 118 Å². The van der Waals surface area contributed by atoms with Gasteiger partial charge < -0.3 is 4.42 Å². The van der Waals surface area contributed by atoms with E-state index in [2.05, 4.69) is 5.32 Å². The number of hydrazine groups is 1. The first-order valence-electron chi connectivity index (χ1n) is 6.21. The van der Waals surface area contributed by atoms with E-state index >= 15 is 0 Å². The number of nitrogens with zero attached hydrogens (tertiary/aromatic N) is 1. The Morgan fingerprint density at radius 1 is 1.60 bits per heavy atom. The van der Waals surface area contributed by atoms with E-state index in [0.717, 1.165) is 0 Å². The number of rotatable bonds is 4. The maximum atomic E-state index is 11.7. The summed E-state index contributed by atoms with van der Waals surface area (Å²) in [5.41, 5.74) is 2.32. The van der Waals surface area contributed by atoms with Crippen LogP contribution in [0.25, 0.3) is 0 Å². The molecule has 1 aromatic heterocycles. The van der Waals surface area contributed by atoms with Crippen LogP contribution >= 0.6 is 0 Å². The van der Waals surface area contributed by atoms with Crippen LogP contribution in [0.4, 0.5) is 0 Å². The fourth-order valence-electron chi connectivity index (χ4n) is 2.26. The molecule has 1 saturated heterocycles. The molecule has 0 aliphatic carbocycles. The van der Waals surface area contributed by atoms with Gasteiger partial charge in [0.25, 0.3) is 5.91 Å². The lowest BCUT2D eigenvalue weighted by atomic mass is 10.1. The zero-order valence-electron chi connectivity index (χ0n) is 11.0. The molecule has 1 atom stereocenters. The molecule has 8 nitrogen and oxygen atoms in total. The number of carbonyl (C=O) groups is 3. The Labute approximate surface area is 115 Å². The van der Waals surface area contributed by atoms with Gasteiger partial charge in [0.05, 0.1) is 31.0 Å². The van der Waals surface area contributed by atoms with Crippen molar-refractivity contribution in [2.45, 2.75) is 25.9 Å². The first kappa shape index (κ1) is 14.2. The average Bonchev–Trinajstić information content (AvgIpc) is 2.85. The summed E-state index contributed by atoms with van der Waals surface area (Å²) in [6.45, 7) is 2.12. The Balaban J connectivity index is 2.19. The third kappa shape index (κ3) is 2.70. The van der Waals surface area contributed by atoms with Crippen molar-refractivity contribution >= 4 is 17.7 Å². The van der Waals surface area contributed by atoms with Crippen molar-refractivity contribution in [1.29, 1.82) is 0 Å². The van der Waals surface area contributed by atoms with Crippen molar-refractivity contribution < 1.29 is 18.8 Å². The van der Waals surface area contributed by atoms with E-state index in [0.29, 0.717) is 17.7 Å². The molecule has 0 saturated carbocycles. The fraction of sp³-hybridized carbons (Fsp3) is 0.417. The predicted molar refractivity (Wildman–Crippen MR) is 68.0 cm³/mol. The highest BCUT2D eigenvalue weighted by Gasteiger charge is 2.33. The summed E-state index contributed by atoms with van der Waals surface area (Å²) in [5.74, 6) is 4.28. The molecular formula is C12H16N4O4. The third-order valence-corrected chi connectivity index (χ3v) is 3.21. The molecule has 0 aromatic carbocycles. The van der Waals surface area contributed by atoms with Gasteiger partial charge >= 0.3 is 0 Å². The quantitative estimate of drug-likeness (QED) is 0.285. The summed E-state index contributed by atoms with van der Waals surface area (Å²) in [6, 6.07) is 1.07. The van der Waals surface area contributed by atoms with Crippen molar-refractivity contribution in [2.75, 3.05) is 6.54 Å². The number of nitrogen functional groups attached to an aromatic ring is 1. The van der Waals surface area contributed by atoms with E-state index in [4.69, 9.17) is 10.3 Å². The second kappa shape index (κ2) is 5.85. The van der Waals surface area contributed by atoms with Gasteiger partial charge in [-0.05, 0) is 12.5 Å². The Kier molecular flexibility index (Phi) is 4.16. The molecule has 1 unspecified atom stereocenters. The second-order valence-corrected chi connectivity index (χ2v) is 4.47. The number of piperazine rings is 1. The van der Waals surface area contributed by atoms with E-state index in [1.165, 1.54) is 12.3 Å². The minimum Gasteiger partial charge on any atom is -0.467 e. The van der Waals surface area contributed by atoms with Crippen LogP contribution in [0, 0.1) is 0 Å². The highest BCUT2D eigenvalue weighted by Crippen LogP contribution is 2.17. The Bertz CT molecular complexity index is 539. The van der Waals surface area contributed by atoms with Crippen LogP contribution in [-0.2, 0) is 16.1 Å². The van der Waals surface area contributed by atoms with Crippen LogP contribution in [-0.4, -0.2) is 35.2 Å². The summed E-state index contributed by atoms with van der Waals surface area (Å²) in [5, 5.41) is 2.29. The minimum absolute atomic E-state index is 0.0780. The second-order valence-electron chi connectivity index (χ2n) is 4.47. The molecular weight excluding hydrogens is 264 g/mol. The van der Waals surface area contributed by atoms with Crippen molar-refractivity contribution in [3.63, 3.8) is 0 Å². The normalized spacial score (nSPS) is 19.8. The molecule has 8 heteroatoms. The Hall–Kier alpha value is -2.19. The molecule has 0 radical (unpaired) electrons. The van der Waals surface area contributed by atoms with E-state index < -0.39 is 11.9 Å². The molecule has 1 aromatic rings. The average molecular weight is 280 g/mol. The number of nitrogens with one attached hydrogen (secondary N) is 2. The van der Waals surface area contributed by atoms with Crippen LogP contribution in [0.2, 0.25) is 0 Å². The van der Waals surface area contributed by atoms with Crippen LogP contribution in [0.3, 0.4) is 0 Å². The molecule has 2 heterocycles. The zero-order valence-corrected chi connectivity index (χ0v) is 11.0. The molecule has 4 N–H and O–H groups in total. The molecule has 0 bridgehead atoms. The lowest BCUT2D eigenvalue weighted by Gasteiger charge is -2.32. The van der Waals surface area contributed by atoms with Gasteiger partial charge in [0, 0.05) is 0 Å². The molecule has 1 aliphatic rings. The molecule has 2 rings (SSSR count). The van der Waals surface area contributed by atoms with Crippen LogP contribution in [0.1, 0.15) is 29.5 Å². The summed E-state index contributed by atoms with van der Waals surface area (Å²) in [7, 11) is 0. The first-order chi connectivity index (χ1) is 9.56. The van der Waals surface area contributed by atoms with Crippen LogP contribution in [0.5, 0.6) is 0 Å². The van der Waals surface area contributed by atoms with Crippen LogP contribution in [0.15, 0.2) is 16.7 Å². The van der Waals surface area contributed by atoms with Crippen LogP contribution < -0.4 is 16.6 Å². The van der Waals surface area contributed by atoms with E-state index in [1.54, 1.807) is 4.90 Å². The lowest BCUT2D eigenvalue weighted by Crippen LogP contribution is -2.57. The summed E-state index contributed by atoms with van der Waals surface area (Å²) in [4.78, 5) is 36.4. The Morgan fingerprint density at radius 2 is 2.35 bits per heavy atom. The fourth-order valence-corrected chi connectivity index (χ4v) is 2.26. The minimum atomic E-state index is -0.477. The summed E-state index contributed by atoms with van der Waals surface area (Å²) >= 11 is 0. The molecule has 108 valence electrons. The number of carbonyl (C=O) groups excluding carboxylic acids is 3. The summed E-state index contributed by atoms with van der Waals surface area (Å²) < 4.78 is 5.25. The molecule has 3 amide bonds. The molecule has 20 heavy (non-hydrogen) atoms. The number of hydrogen-bond acceptors (Lipinski definition) is 6. The number of nitrogens with two attached hydrogens (primary N) is 1. The van der Waals surface area contributed by atoms with Gasteiger partial charge in [-0.1, -0.05) is 6.92 Å². The van der Waals surface area contributed by atoms with Gasteiger partial charge in [0.2, 0.25) is 11.8 Å². The standard InChI is InChI=1S/C12H16N4O4/c1-2-8-12(19)14-10(17)6-16(8)5-9-7(3-4-20-9)11(18)15-13/h3-4,8H,2,5-6,13H2,1H3,(H,15,18)(H,14,17,19). The highest BCUT2D eigenvalue weighted by atomic mass is 16.3. The van der Waals surface area contributed by atoms with E-state index in [1.807, 2.05) is 12.3 Å². The molecule has 1 fully saturated rings. The SMILES string of the molecule is CCC1C(=O)NC(=O)CN1Cc1occc1C(=O)NN. The monoisotopic (exact) mass is 280 g/mol. The smallest absolute Gasteiger partial charge is 0.268 e. The van der Waals surface area contributed by atoms with Crippen molar-refractivity contribution in [3.8, 4) is 0 Å². The maximum absolute atomic E-state index is 11.7. The van der Waals surface area contributed by atoms with Gasteiger partial charge in [-0.15, -0.1) is 0 Å².